The van der Waals surface area contributed by atoms with Crippen molar-refractivity contribution in [3.05, 3.63) is 54.2 Å². The predicted molar refractivity (Wildman–Crippen MR) is 137 cm³/mol. The molecule has 2 aromatic carbocycles. The molecule has 1 fully saturated rings. The normalized spacial score (nSPS) is 15.1. The Kier molecular flexibility index (Phi) is 8.07. The molecule has 2 aliphatic rings. The smallest absolute Gasteiger partial charge is 0.246 e. The highest BCUT2D eigenvalue weighted by molar-refractivity contribution is 5.77. The maximum absolute atomic E-state index is 12.1. The van der Waals surface area contributed by atoms with Crippen LogP contribution in [0.2, 0.25) is 0 Å². The molecule has 3 heterocycles. The number of anilines is 1. The van der Waals surface area contributed by atoms with Crippen LogP contribution < -0.4 is 24.4 Å². The molecule has 10 nitrogen and oxygen atoms in total. The van der Waals surface area contributed by atoms with Crippen LogP contribution in [-0.2, 0) is 16.1 Å². The number of carbonyl (C=O) groups excluding carboxylic acids is 1. The van der Waals surface area contributed by atoms with Crippen LogP contribution in [0.25, 0.3) is 11.3 Å². The first-order valence-electron chi connectivity index (χ1n) is 12.5. The topological polar surface area (TPSA) is 98.5 Å². The van der Waals surface area contributed by atoms with Gasteiger partial charge in [-0.15, -0.1) is 0 Å². The van der Waals surface area contributed by atoms with Crippen LogP contribution in [0.1, 0.15) is 12.1 Å². The molecule has 10 heteroatoms. The third-order valence-electron chi connectivity index (χ3n) is 6.48. The molecular weight excluding hydrogens is 476 g/mol. The maximum atomic E-state index is 12.1. The standard InChI is InChI=1S/C27H32N4O6/c1-33-23-6-4-22(5-7-23)31-13-11-30(12-14-31)10-2-9-28-27(32)18-34-17-21-16-25(37-29-21)20-3-8-24-26(15-20)36-19-35-24/h3-8,15-16H,2,9-14,17-19H2,1H3,(H,28,32). The quantitative estimate of drug-likeness (QED) is 0.392. The molecule has 0 radical (unpaired) electrons. The Hall–Kier alpha value is -3.76. The largest absolute Gasteiger partial charge is 0.497 e. The van der Waals surface area contributed by atoms with Crippen molar-refractivity contribution in [3.8, 4) is 28.6 Å². The molecule has 0 atom stereocenters. The Balaban J connectivity index is 0.944. The van der Waals surface area contributed by atoms with E-state index in [1.807, 2.05) is 30.3 Å². The number of aromatic nitrogens is 1. The van der Waals surface area contributed by atoms with Crippen LogP contribution in [0.4, 0.5) is 5.69 Å². The molecule has 3 aromatic rings. The molecule has 1 N–H and O–H groups in total. The zero-order chi connectivity index (χ0) is 25.5. The molecule has 5 rings (SSSR count). The molecule has 2 aliphatic heterocycles. The lowest BCUT2D eigenvalue weighted by Gasteiger charge is -2.36. The van der Waals surface area contributed by atoms with E-state index < -0.39 is 0 Å². The second-order valence-electron chi connectivity index (χ2n) is 8.97. The summed E-state index contributed by atoms with van der Waals surface area (Å²) >= 11 is 0. The SMILES string of the molecule is COc1ccc(N2CCN(CCCNC(=O)COCc3cc(-c4ccc5c(c4)OCO5)on3)CC2)cc1. The van der Waals surface area contributed by atoms with Crippen LogP contribution in [0.5, 0.6) is 17.2 Å². The van der Waals surface area contributed by atoms with Gasteiger partial charge >= 0.3 is 0 Å². The molecule has 1 aromatic heterocycles. The first-order chi connectivity index (χ1) is 18.2. The molecule has 0 saturated carbocycles. The molecule has 0 unspecified atom stereocenters. The number of fused-ring (bicyclic) bond motifs is 1. The van der Waals surface area contributed by atoms with Gasteiger partial charge in [0, 0.05) is 50.0 Å². The van der Waals surface area contributed by atoms with Crippen molar-refractivity contribution in [2.45, 2.75) is 13.0 Å². The monoisotopic (exact) mass is 508 g/mol. The van der Waals surface area contributed by atoms with E-state index in [9.17, 15) is 4.79 Å². The van der Waals surface area contributed by atoms with Crippen LogP contribution in [0, 0.1) is 0 Å². The van der Waals surface area contributed by atoms with E-state index >= 15 is 0 Å². The molecule has 0 bridgehead atoms. The summed E-state index contributed by atoms with van der Waals surface area (Å²) < 4.78 is 26.9. The summed E-state index contributed by atoms with van der Waals surface area (Å²) in [5, 5.41) is 6.95. The number of hydrogen-bond acceptors (Lipinski definition) is 9. The van der Waals surface area contributed by atoms with E-state index in [0.29, 0.717) is 29.5 Å². The first kappa shape index (κ1) is 24.9. The number of amides is 1. The highest BCUT2D eigenvalue weighted by Crippen LogP contribution is 2.36. The van der Waals surface area contributed by atoms with Crippen molar-refractivity contribution < 1.29 is 28.3 Å². The van der Waals surface area contributed by atoms with E-state index in [1.54, 1.807) is 13.2 Å². The van der Waals surface area contributed by atoms with Crippen molar-refractivity contribution in [3.63, 3.8) is 0 Å². The number of piperazine rings is 1. The zero-order valence-electron chi connectivity index (χ0n) is 21.0. The van der Waals surface area contributed by atoms with Crippen molar-refractivity contribution in [2.24, 2.45) is 0 Å². The number of methoxy groups -OCH3 is 1. The minimum Gasteiger partial charge on any atom is -0.497 e. The van der Waals surface area contributed by atoms with Crippen molar-refractivity contribution in [1.29, 1.82) is 0 Å². The van der Waals surface area contributed by atoms with Gasteiger partial charge in [0.2, 0.25) is 12.7 Å². The Bertz CT molecular complexity index is 1170. The van der Waals surface area contributed by atoms with Gasteiger partial charge in [0.05, 0.1) is 13.7 Å². The van der Waals surface area contributed by atoms with Gasteiger partial charge in [0.25, 0.3) is 0 Å². The van der Waals surface area contributed by atoms with E-state index in [0.717, 1.165) is 50.5 Å². The van der Waals surface area contributed by atoms with Gasteiger partial charge in [-0.2, -0.15) is 0 Å². The summed E-state index contributed by atoms with van der Waals surface area (Å²) in [7, 11) is 1.68. The fraction of sp³-hybridized carbons (Fsp3) is 0.407. The highest BCUT2D eigenvalue weighted by atomic mass is 16.7. The van der Waals surface area contributed by atoms with Crippen LogP contribution >= 0.6 is 0 Å². The van der Waals surface area contributed by atoms with Gasteiger partial charge in [-0.3, -0.25) is 9.69 Å². The van der Waals surface area contributed by atoms with E-state index in [-0.39, 0.29) is 25.9 Å². The molecular formula is C27H32N4O6. The van der Waals surface area contributed by atoms with E-state index in [1.165, 1.54) is 5.69 Å². The average molecular weight is 509 g/mol. The Morgan fingerprint density at radius 1 is 1.03 bits per heavy atom. The minimum absolute atomic E-state index is 0.0211. The predicted octanol–water partition coefficient (Wildman–Crippen LogP) is 2.92. The molecule has 0 spiro atoms. The van der Waals surface area contributed by atoms with Gasteiger partial charge in [-0.1, -0.05) is 5.16 Å². The molecule has 0 aliphatic carbocycles. The number of ether oxygens (including phenoxy) is 4. The second-order valence-corrected chi connectivity index (χ2v) is 8.97. The lowest BCUT2D eigenvalue weighted by atomic mass is 10.1. The Morgan fingerprint density at radius 2 is 1.84 bits per heavy atom. The number of nitrogens with zero attached hydrogens (tertiary/aromatic N) is 3. The van der Waals surface area contributed by atoms with Gasteiger partial charge in [0.15, 0.2) is 17.3 Å². The van der Waals surface area contributed by atoms with E-state index in [4.69, 9.17) is 23.5 Å². The Morgan fingerprint density at radius 3 is 2.65 bits per heavy atom. The van der Waals surface area contributed by atoms with Crippen LogP contribution in [0.15, 0.2) is 53.1 Å². The Labute approximate surface area is 216 Å². The number of carbonyl (C=O) groups is 1. The molecule has 37 heavy (non-hydrogen) atoms. The number of nitrogens with one attached hydrogen (secondary N) is 1. The summed E-state index contributed by atoms with van der Waals surface area (Å²) in [6.07, 6.45) is 0.899. The van der Waals surface area contributed by atoms with Crippen molar-refractivity contribution >= 4 is 11.6 Å². The van der Waals surface area contributed by atoms with E-state index in [2.05, 4.69) is 32.4 Å². The average Bonchev–Trinajstić information content (AvgIpc) is 3.61. The van der Waals surface area contributed by atoms with Gasteiger partial charge in [-0.05, 0) is 55.4 Å². The summed E-state index contributed by atoms with van der Waals surface area (Å²) in [5.74, 6) is 2.74. The maximum Gasteiger partial charge on any atom is 0.246 e. The molecule has 196 valence electrons. The van der Waals surface area contributed by atoms with Crippen LogP contribution in [0.3, 0.4) is 0 Å². The molecule has 1 saturated heterocycles. The van der Waals surface area contributed by atoms with Gasteiger partial charge < -0.3 is 33.7 Å². The number of rotatable bonds is 11. The second kappa shape index (κ2) is 12.0. The van der Waals surface area contributed by atoms with Gasteiger partial charge in [-0.25, -0.2) is 0 Å². The highest BCUT2D eigenvalue weighted by Gasteiger charge is 2.18. The first-order valence-corrected chi connectivity index (χ1v) is 12.5. The van der Waals surface area contributed by atoms with Crippen molar-refractivity contribution in [2.75, 3.05) is 64.7 Å². The lowest BCUT2D eigenvalue weighted by Crippen LogP contribution is -2.47. The molecule has 1 amide bonds. The number of benzene rings is 2. The minimum atomic E-state index is -0.135. The fourth-order valence-corrected chi connectivity index (χ4v) is 4.42. The van der Waals surface area contributed by atoms with Crippen LogP contribution in [-0.4, -0.2) is 75.7 Å². The van der Waals surface area contributed by atoms with Gasteiger partial charge in [0.1, 0.15) is 18.1 Å². The van der Waals surface area contributed by atoms with Crippen molar-refractivity contribution in [1.82, 2.24) is 15.4 Å². The third kappa shape index (κ3) is 6.52. The lowest BCUT2D eigenvalue weighted by molar-refractivity contribution is -0.126. The fourth-order valence-electron chi connectivity index (χ4n) is 4.42. The summed E-state index contributed by atoms with van der Waals surface area (Å²) in [6, 6.07) is 15.6. The summed E-state index contributed by atoms with van der Waals surface area (Å²) in [4.78, 5) is 17.0. The summed E-state index contributed by atoms with van der Waals surface area (Å²) in [6.45, 7) is 5.98. The third-order valence-corrected chi connectivity index (χ3v) is 6.48. The zero-order valence-corrected chi connectivity index (χ0v) is 21.0. The summed E-state index contributed by atoms with van der Waals surface area (Å²) in [5.41, 5.74) is 2.68. The number of hydrogen-bond donors (Lipinski definition) is 1.